The van der Waals surface area contributed by atoms with Gasteiger partial charge in [0.25, 0.3) is 0 Å². The van der Waals surface area contributed by atoms with E-state index in [2.05, 4.69) is 5.32 Å². The Morgan fingerprint density at radius 3 is 2.35 bits per heavy atom. The first kappa shape index (κ1) is 12.4. The maximum absolute atomic E-state index is 11.8. The molecule has 0 unspecified atom stereocenters. The molecule has 1 saturated carbocycles. The molecule has 1 heterocycles. The summed E-state index contributed by atoms with van der Waals surface area (Å²) in [7, 11) is 0. The molecule has 96 valence electrons. The molecule has 1 N–H and O–H groups in total. The highest BCUT2D eigenvalue weighted by atomic mass is 16.2. The van der Waals surface area contributed by atoms with Crippen LogP contribution in [0.1, 0.15) is 40.0 Å². The SMILES string of the molecule is CC(C)(C)C(=O)N[C@H]1CCN(C(=O)C2CC2)C1. The standard InChI is InChI=1S/C13H22N2O2/c1-13(2,3)12(17)14-10-6-7-15(8-10)11(16)9-4-5-9/h9-10H,4-8H2,1-3H3,(H,14,17)/t10-/m0/s1. The summed E-state index contributed by atoms with van der Waals surface area (Å²) in [6, 6.07) is 0.143. The van der Waals surface area contributed by atoms with Crippen molar-refractivity contribution in [3.63, 3.8) is 0 Å². The highest BCUT2D eigenvalue weighted by Gasteiger charge is 2.37. The largest absolute Gasteiger partial charge is 0.351 e. The number of nitrogens with zero attached hydrogens (tertiary/aromatic N) is 1. The third kappa shape index (κ3) is 2.99. The van der Waals surface area contributed by atoms with Crippen molar-refractivity contribution < 1.29 is 9.59 Å². The molecule has 0 aromatic heterocycles. The number of hydrogen-bond donors (Lipinski definition) is 1. The van der Waals surface area contributed by atoms with Crippen molar-refractivity contribution in [2.24, 2.45) is 11.3 Å². The fraction of sp³-hybridized carbons (Fsp3) is 0.846. The molecule has 1 atom stereocenters. The average Bonchev–Trinajstić information content (AvgIpc) is 2.97. The number of likely N-dealkylation sites (tertiary alicyclic amines) is 1. The number of carbonyl (C=O) groups excluding carboxylic acids is 2. The zero-order valence-corrected chi connectivity index (χ0v) is 11.0. The Labute approximate surface area is 103 Å². The van der Waals surface area contributed by atoms with E-state index in [-0.39, 0.29) is 29.2 Å². The number of hydrogen-bond acceptors (Lipinski definition) is 2. The van der Waals surface area contributed by atoms with E-state index in [4.69, 9.17) is 0 Å². The Balaban J connectivity index is 1.81. The van der Waals surface area contributed by atoms with Crippen molar-refractivity contribution in [2.75, 3.05) is 13.1 Å². The van der Waals surface area contributed by atoms with Crippen LogP contribution in [0.2, 0.25) is 0 Å². The minimum atomic E-state index is -0.353. The van der Waals surface area contributed by atoms with Crippen molar-refractivity contribution in [3.8, 4) is 0 Å². The van der Waals surface area contributed by atoms with Crippen LogP contribution in [0.5, 0.6) is 0 Å². The summed E-state index contributed by atoms with van der Waals surface area (Å²) in [5.41, 5.74) is -0.353. The van der Waals surface area contributed by atoms with E-state index in [0.717, 1.165) is 25.8 Å². The zero-order chi connectivity index (χ0) is 12.6. The lowest BCUT2D eigenvalue weighted by Crippen LogP contribution is -2.43. The molecule has 4 heteroatoms. The van der Waals surface area contributed by atoms with E-state index in [1.165, 1.54) is 0 Å². The first-order valence-electron chi connectivity index (χ1n) is 6.47. The van der Waals surface area contributed by atoms with Gasteiger partial charge in [-0.2, -0.15) is 0 Å². The molecular weight excluding hydrogens is 216 g/mol. The van der Waals surface area contributed by atoms with Gasteiger partial charge in [-0.15, -0.1) is 0 Å². The molecular formula is C13H22N2O2. The van der Waals surface area contributed by atoms with Crippen molar-refractivity contribution in [2.45, 2.75) is 46.1 Å². The van der Waals surface area contributed by atoms with Crippen molar-refractivity contribution in [1.29, 1.82) is 0 Å². The quantitative estimate of drug-likeness (QED) is 0.785. The minimum absolute atomic E-state index is 0.0724. The monoisotopic (exact) mass is 238 g/mol. The second-order valence-electron chi connectivity index (χ2n) is 6.27. The molecule has 2 rings (SSSR count). The van der Waals surface area contributed by atoms with Crippen LogP contribution in [0.25, 0.3) is 0 Å². The Morgan fingerprint density at radius 1 is 1.18 bits per heavy atom. The number of nitrogens with one attached hydrogen (secondary N) is 1. The van der Waals surface area contributed by atoms with Crippen LogP contribution in [0.3, 0.4) is 0 Å². The van der Waals surface area contributed by atoms with Gasteiger partial charge in [0.05, 0.1) is 0 Å². The molecule has 0 radical (unpaired) electrons. The Hall–Kier alpha value is -1.06. The molecule has 1 aliphatic carbocycles. The predicted octanol–water partition coefficient (Wildman–Crippen LogP) is 1.16. The number of amides is 2. The van der Waals surface area contributed by atoms with Crippen LogP contribution >= 0.6 is 0 Å². The Bertz CT molecular complexity index is 329. The summed E-state index contributed by atoms with van der Waals surface area (Å²) >= 11 is 0. The Morgan fingerprint density at radius 2 is 1.82 bits per heavy atom. The van der Waals surface area contributed by atoms with Crippen molar-refractivity contribution in [1.82, 2.24) is 10.2 Å². The van der Waals surface area contributed by atoms with Crippen LogP contribution in [-0.4, -0.2) is 35.8 Å². The summed E-state index contributed by atoms with van der Waals surface area (Å²) in [4.78, 5) is 25.6. The van der Waals surface area contributed by atoms with Crippen molar-refractivity contribution >= 4 is 11.8 Å². The number of rotatable bonds is 2. The summed E-state index contributed by atoms with van der Waals surface area (Å²) in [6.07, 6.45) is 2.99. The van der Waals surface area contributed by atoms with E-state index in [1.54, 1.807) is 0 Å². The van der Waals surface area contributed by atoms with E-state index in [1.807, 2.05) is 25.7 Å². The Kier molecular flexibility index (Phi) is 3.15. The smallest absolute Gasteiger partial charge is 0.225 e. The maximum atomic E-state index is 11.8. The molecule has 0 aromatic rings. The van der Waals surface area contributed by atoms with E-state index in [9.17, 15) is 9.59 Å². The molecule has 2 fully saturated rings. The lowest BCUT2D eigenvalue weighted by Gasteiger charge is -2.22. The minimum Gasteiger partial charge on any atom is -0.351 e. The third-order valence-electron chi connectivity index (χ3n) is 3.44. The van der Waals surface area contributed by atoms with Crippen LogP contribution in [0.4, 0.5) is 0 Å². The van der Waals surface area contributed by atoms with Gasteiger partial charge in [0.2, 0.25) is 11.8 Å². The van der Waals surface area contributed by atoms with Crippen LogP contribution in [-0.2, 0) is 9.59 Å². The van der Waals surface area contributed by atoms with Gasteiger partial charge in [0.1, 0.15) is 0 Å². The zero-order valence-electron chi connectivity index (χ0n) is 11.0. The molecule has 1 saturated heterocycles. The van der Waals surface area contributed by atoms with Gasteiger partial charge in [-0.25, -0.2) is 0 Å². The average molecular weight is 238 g/mol. The first-order chi connectivity index (χ1) is 7.88. The molecule has 2 aliphatic rings. The summed E-state index contributed by atoms with van der Waals surface area (Å²) in [5.74, 6) is 0.646. The number of carbonyl (C=O) groups is 2. The second kappa shape index (κ2) is 4.31. The molecule has 0 spiro atoms. The molecule has 2 amide bonds. The molecule has 0 aromatic carbocycles. The van der Waals surface area contributed by atoms with E-state index >= 15 is 0 Å². The second-order valence-corrected chi connectivity index (χ2v) is 6.27. The lowest BCUT2D eigenvalue weighted by atomic mass is 9.95. The maximum Gasteiger partial charge on any atom is 0.225 e. The van der Waals surface area contributed by atoms with Crippen LogP contribution in [0.15, 0.2) is 0 Å². The molecule has 17 heavy (non-hydrogen) atoms. The van der Waals surface area contributed by atoms with Gasteiger partial charge in [0.15, 0.2) is 0 Å². The predicted molar refractivity (Wildman–Crippen MR) is 65.3 cm³/mol. The first-order valence-corrected chi connectivity index (χ1v) is 6.47. The van der Waals surface area contributed by atoms with Crippen LogP contribution in [0, 0.1) is 11.3 Å². The fourth-order valence-electron chi connectivity index (χ4n) is 2.07. The molecule has 1 aliphatic heterocycles. The van der Waals surface area contributed by atoms with Gasteiger partial charge in [-0.1, -0.05) is 20.8 Å². The van der Waals surface area contributed by atoms with Crippen LogP contribution < -0.4 is 5.32 Å². The van der Waals surface area contributed by atoms with Crippen molar-refractivity contribution in [3.05, 3.63) is 0 Å². The lowest BCUT2D eigenvalue weighted by molar-refractivity contribution is -0.132. The fourth-order valence-corrected chi connectivity index (χ4v) is 2.07. The van der Waals surface area contributed by atoms with Gasteiger partial charge >= 0.3 is 0 Å². The molecule has 0 bridgehead atoms. The van der Waals surface area contributed by atoms with Gasteiger partial charge < -0.3 is 10.2 Å². The van der Waals surface area contributed by atoms with Gasteiger partial charge in [-0.05, 0) is 19.3 Å². The summed E-state index contributed by atoms with van der Waals surface area (Å²) in [6.45, 7) is 7.21. The van der Waals surface area contributed by atoms with Gasteiger partial charge in [0, 0.05) is 30.5 Å². The van der Waals surface area contributed by atoms with Gasteiger partial charge in [-0.3, -0.25) is 9.59 Å². The van der Waals surface area contributed by atoms with E-state index in [0.29, 0.717) is 6.54 Å². The third-order valence-corrected chi connectivity index (χ3v) is 3.44. The topological polar surface area (TPSA) is 49.4 Å². The summed E-state index contributed by atoms with van der Waals surface area (Å²) in [5, 5.41) is 3.03. The summed E-state index contributed by atoms with van der Waals surface area (Å²) < 4.78 is 0. The molecule has 4 nitrogen and oxygen atoms in total. The normalized spacial score (nSPS) is 24.9. The highest BCUT2D eigenvalue weighted by Crippen LogP contribution is 2.32. The highest BCUT2D eigenvalue weighted by molar-refractivity contribution is 5.83. The van der Waals surface area contributed by atoms with E-state index < -0.39 is 0 Å².